The van der Waals surface area contributed by atoms with Crippen molar-refractivity contribution in [1.29, 1.82) is 0 Å². The van der Waals surface area contributed by atoms with E-state index in [2.05, 4.69) is 16.0 Å². The second-order valence-corrected chi connectivity index (χ2v) is 7.31. The van der Waals surface area contributed by atoms with Crippen molar-refractivity contribution in [3.63, 3.8) is 0 Å². The zero-order chi connectivity index (χ0) is 23.8. The maximum absolute atomic E-state index is 13.2. The number of allylic oxidation sites excluding steroid dienone is 1. The minimum absolute atomic E-state index is 0.0581. The Morgan fingerprint density at radius 2 is 1.79 bits per heavy atom. The van der Waals surface area contributed by atoms with Crippen molar-refractivity contribution in [3.8, 4) is 11.3 Å². The number of rotatable bonds is 4. The van der Waals surface area contributed by atoms with Crippen molar-refractivity contribution < 1.29 is 31.6 Å². The lowest BCUT2D eigenvalue weighted by Gasteiger charge is -2.27. The van der Waals surface area contributed by atoms with E-state index in [-0.39, 0.29) is 22.7 Å². The van der Waals surface area contributed by atoms with E-state index in [9.17, 15) is 27.2 Å². The molecule has 4 rings (SSSR count). The highest BCUT2D eigenvalue weighted by Gasteiger charge is 2.34. The molecule has 1 aliphatic rings. The zero-order valence-electron chi connectivity index (χ0n) is 17.1. The van der Waals surface area contributed by atoms with Crippen LogP contribution in [-0.4, -0.2) is 11.9 Å². The van der Waals surface area contributed by atoms with Crippen LogP contribution >= 0.6 is 0 Å². The van der Waals surface area contributed by atoms with Crippen LogP contribution in [0.5, 0.6) is 0 Å². The number of nitrogens with one attached hydrogen (secondary N) is 3. The van der Waals surface area contributed by atoms with Crippen molar-refractivity contribution in [2.24, 2.45) is 0 Å². The summed E-state index contributed by atoms with van der Waals surface area (Å²) in [5.41, 5.74) is -0.108. The number of carbonyl (C=O) groups excluding carboxylic acids is 2. The Kier molecular flexibility index (Phi) is 5.67. The summed E-state index contributed by atoms with van der Waals surface area (Å²) >= 11 is 0. The molecule has 0 radical (unpaired) electrons. The van der Waals surface area contributed by atoms with Crippen LogP contribution in [0, 0.1) is 5.82 Å². The first kappa shape index (κ1) is 22.1. The number of urea groups is 1. The van der Waals surface area contributed by atoms with Crippen LogP contribution in [0.25, 0.3) is 11.3 Å². The van der Waals surface area contributed by atoms with E-state index in [1.54, 1.807) is 12.1 Å². The summed E-state index contributed by atoms with van der Waals surface area (Å²) < 4.78 is 58.0. The number of alkyl halides is 3. The summed E-state index contributed by atoms with van der Waals surface area (Å²) in [5, 5.41) is 7.51. The third-order valence-corrected chi connectivity index (χ3v) is 5.00. The molecule has 2 aromatic carbocycles. The summed E-state index contributed by atoms with van der Waals surface area (Å²) in [5.74, 6) is -0.530. The Morgan fingerprint density at radius 1 is 1.06 bits per heavy atom. The molecule has 0 unspecified atom stereocenters. The van der Waals surface area contributed by atoms with Crippen molar-refractivity contribution in [3.05, 3.63) is 89.1 Å². The molecular weight excluding hydrogens is 442 g/mol. The van der Waals surface area contributed by atoms with Crippen molar-refractivity contribution in [2.45, 2.75) is 19.1 Å². The molecule has 1 aromatic heterocycles. The minimum Gasteiger partial charge on any atom is -0.459 e. The van der Waals surface area contributed by atoms with Crippen LogP contribution in [0.15, 0.2) is 76.4 Å². The number of hydrogen-bond donors (Lipinski definition) is 3. The van der Waals surface area contributed by atoms with Crippen molar-refractivity contribution in [2.75, 3.05) is 5.32 Å². The molecule has 2 heterocycles. The Balaban J connectivity index is 1.64. The van der Waals surface area contributed by atoms with Crippen LogP contribution in [-0.2, 0) is 11.0 Å². The molecule has 6 nitrogen and oxygen atoms in total. The van der Waals surface area contributed by atoms with Gasteiger partial charge < -0.3 is 20.4 Å². The topological polar surface area (TPSA) is 83.4 Å². The average Bonchev–Trinajstić information content (AvgIpc) is 3.23. The number of furan rings is 1. The molecule has 0 aliphatic carbocycles. The standard InChI is InChI=1S/C23H17F4N3O3/c1-12-19(21(31)29-16-4-2-3-14(11-16)23(25,26)27)20(30-22(32)28-12)18-10-9-17(33-18)13-5-7-15(24)8-6-13/h2-11,20H,1H3,(H,29,31)(H2,28,30,32)/t20-/m0/s1. The molecular formula is C23H17F4N3O3. The number of carbonyl (C=O) groups is 2. The highest BCUT2D eigenvalue weighted by Crippen LogP contribution is 2.33. The minimum atomic E-state index is -4.57. The van der Waals surface area contributed by atoms with Gasteiger partial charge >= 0.3 is 12.2 Å². The zero-order valence-corrected chi connectivity index (χ0v) is 17.1. The van der Waals surface area contributed by atoms with E-state index < -0.39 is 35.5 Å². The molecule has 170 valence electrons. The molecule has 0 saturated heterocycles. The second kappa shape index (κ2) is 8.45. The Morgan fingerprint density at radius 3 is 2.48 bits per heavy atom. The van der Waals surface area contributed by atoms with Gasteiger partial charge in [-0.2, -0.15) is 13.2 Å². The smallest absolute Gasteiger partial charge is 0.416 e. The van der Waals surface area contributed by atoms with Gasteiger partial charge in [0.05, 0.1) is 11.1 Å². The molecule has 1 aliphatic heterocycles. The third kappa shape index (κ3) is 4.74. The molecule has 10 heteroatoms. The van der Waals surface area contributed by atoms with E-state index in [0.717, 1.165) is 12.1 Å². The first-order valence-corrected chi connectivity index (χ1v) is 9.74. The molecule has 3 N–H and O–H groups in total. The number of hydrogen-bond acceptors (Lipinski definition) is 3. The molecule has 0 saturated carbocycles. The number of anilines is 1. The summed E-state index contributed by atoms with van der Waals surface area (Å²) in [7, 11) is 0. The van der Waals surface area contributed by atoms with E-state index in [1.807, 2.05) is 0 Å². The molecule has 3 aromatic rings. The van der Waals surface area contributed by atoms with E-state index >= 15 is 0 Å². The number of benzene rings is 2. The lowest BCUT2D eigenvalue weighted by Crippen LogP contribution is -2.45. The predicted molar refractivity (Wildman–Crippen MR) is 111 cm³/mol. The summed E-state index contributed by atoms with van der Waals surface area (Å²) in [4.78, 5) is 25.1. The van der Waals surface area contributed by atoms with Gasteiger partial charge in [0, 0.05) is 16.9 Å². The number of amides is 3. The molecule has 0 spiro atoms. The monoisotopic (exact) mass is 459 g/mol. The first-order valence-electron chi connectivity index (χ1n) is 9.74. The lowest BCUT2D eigenvalue weighted by atomic mass is 9.99. The third-order valence-electron chi connectivity index (χ3n) is 5.00. The van der Waals surface area contributed by atoms with Gasteiger partial charge in [-0.05, 0) is 61.5 Å². The van der Waals surface area contributed by atoms with Gasteiger partial charge in [-0.25, -0.2) is 9.18 Å². The summed E-state index contributed by atoms with van der Waals surface area (Å²) in [6.45, 7) is 1.50. The van der Waals surface area contributed by atoms with E-state index in [1.165, 1.54) is 43.3 Å². The van der Waals surface area contributed by atoms with E-state index in [4.69, 9.17) is 4.42 Å². The van der Waals surface area contributed by atoms with Gasteiger partial charge in [0.2, 0.25) is 0 Å². The molecule has 0 fully saturated rings. The second-order valence-electron chi connectivity index (χ2n) is 7.31. The molecule has 1 atom stereocenters. The maximum Gasteiger partial charge on any atom is 0.416 e. The first-order chi connectivity index (χ1) is 15.6. The highest BCUT2D eigenvalue weighted by molar-refractivity contribution is 6.06. The van der Waals surface area contributed by atoms with Gasteiger partial charge in [-0.15, -0.1) is 0 Å². The Hall–Kier alpha value is -4.08. The average molecular weight is 459 g/mol. The van der Waals surface area contributed by atoms with Crippen molar-refractivity contribution >= 4 is 17.6 Å². The van der Waals surface area contributed by atoms with Crippen LogP contribution in [0.3, 0.4) is 0 Å². The van der Waals surface area contributed by atoms with E-state index in [0.29, 0.717) is 11.3 Å². The summed E-state index contributed by atoms with van der Waals surface area (Å²) in [6.07, 6.45) is -4.57. The molecule has 0 bridgehead atoms. The quantitative estimate of drug-likeness (QED) is 0.459. The van der Waals surface area contributed by atoms with Crippen LogP contribution in [0.4, 0.5) is 28.0 Å². The van der Waals surface area contributed by atoms with Gasteiger partial charge in [0.25, 0.3) is 5.91 Å². The van der Waals surface area contributed by atoms with Crippen molar-refractivity contribution in [1.82, 2.24) is 10.6 Å². The predicted octanol–water partition coefficient (Wildman–Crippen LogP) is 5.37. The van der Waals surface area contributed by atoms with Gasteiger partial charge in [-0.3, -0.25) is 4.79 Å². The Bertz CT molecular complexity index is 1250. The molecule has 33 heavy (non-hydrogen) atoms. The Labute approximate surface area is 185 Å². The fourth-order valence-electron chi connectivity index (χ4n) is 3.46. The van der Waals surface area contributed by atoms with Gasteiger partial charge in [-0.1, -0.05) is 6.07 Å². The lowest BCUT2D eigenvalue weighted by molar-refractivity contribution is -0.137. The fraction of sp³-hybridized carbons (Fsp3) is 0.130. The fourth-order valence-corrected chi connectivity index (χ4v) is 3.46. The van der Waals surface area contributed by atoms with Crippen LogP contribution in [0.1, 0.15) is 24.3 Å². The van der Waals surface area contributed by atoms with Gasteiger partial charge in [0.1, 0.15) is 23.4 Å². The normalized spacial score (nSPS) is 16.3. The SMILES string of the molecule is CC1=C(C(=O)Nc2cccc(C(F)(F)F)c2)[C@H](c2ccc(-c3ccc(F)cc3)o2)NC(=O)N1. The highest BCUT2D eigenvalue weighted by atomic mass is 19.4. The van der Waals surface area contributed by atoms with Crippen LogP contribution in [0.2, 0.25) is 0 Å². The summed E-state index contributed by atoms with van der Waals surface area (Å²) in [6, 6.07) is 11.4. The van der Waals surface area contributed by atoms with Gasteiger partial charge in [0.15, 0.2) is 0 Å². The maximum atomic E-state index is 13.2. The number of halogens is 4. The van der Waals surface area contributed by atoms with Crippen LogP contribution < -0.4 is 16.0 Å². The molecule has 3 amide bonds. The largest absolute Gasteiger partial charge is 0.459 e.